The van der Waals surface area contributed by atoms with Crippen molar-refractivity contribution in [2.24, 2.45) is 10.3 Å². The van der Waals surface area contributed by atoms with Crippen LogP contribution >= 0.6 is 0 Å². The summed E-state index contributed by atoms with van der Waals surface area (Å²) in [4.78, 5) is 2.37. The Labute approximate surface area is 154 Å². The van der Waals surface area contributed by atoms with E-state index >= 15 is 0 Å². The monoisotopic (exact) mass is 373 g/mol. The summed E-state index contributed by atoms with van der Waals surface area (Å²) in [6, 6.07) is 15.5. The standard InChI is InChI=1S/C19H23N3O3S/c1-3-4-10-18(21-23)19(16-8-6-5-7-9-16)20-22-26(24,25)17-13-11-15(2)12-14-17/h5-9,11-14,22-23H,3-4,10H2,1-2H3/b20-19+,21-18-. The number of sulfonamides is 1. The molecule has 0 unspecified atom stereocenters. The third kappa shape index (κ3) is 5.16. The summed E-state index contributed by atoms with van der Waals surface area (Å²) in [7, 11) is -3.82. The minimum absolute atomic E-state index is 0.121. The summed E-state index contributed by atoms with van der Waals surface area (Å²) >= 11 is 0. The molecule has 0 amide bonds. The molecule has 0 radical (unpaired) electrons. The first kappa shape index (κ1) is 19.7. The average molecular weight is 373 g/mol. The summed E-state index contributed by atoms with van der Waals surface area (Å²) in [6.07, 6.45) is 2.21. The molecule has 0 heterocycles. The lowest BCUT2D eigenvalue weighted by molar-refractivity contribution is 0.318. The molecule has 26 heavy (non-hydrogen) atoms. The lowest BCUT2D eigenvalue weighted by Gasteiger charge is -2.10. The molecule has 0 spiro atoms. The van der Waals surface area contributed by atoms with Gasteiger partial charge in [-0.25, -0.2) is 0 Å². The van der Waals surface area contributed by atoms with Crippen molar-refractivity contribution in [3.05, 3.63) is 65.7 Å². The van der Waals surface area contributed by atoms with Crippen LogP contribution in [0.25, 0.3) is 0 Å². The molecule has 0 aliphatic carbocycles. The Morgan fingerprint density at radius 1 is 1.08 bits per heavy atom. The molecule has 2 aromatic carbocycles. The quantitative estimate of drug-likeness (QED) is 0.420. The van der Waals surface area contributed by atoms with Gasteiger partial charge in [-0.05, 0) is 31.9 Å². The Morgan fingerprint density at radius 3 is 2.31 bits per heavy atom. The fourth-order valence-electron chi connectivity index (χ4n) is 2.33. The molecule has 2 N–H and O–H groups in total. The van der Waals surface area contributed by atoms with Crippen molar-refractivity contribution in [1.82, 2.24) is 4.83 Å². The van der Waals surface area contributed by atoms with Crippen LogP contribution in [-0.2, 0) is 10.0 Å². The summed E-state index contributed by atoms with van der Waals surface area (Å²) < 4.78 is 25.0. The van der Waals surface area contributed by atoms with Gasteiger partial charge in [-0.15, -0.1) is 0 Å². The SMILES string of the molecule is CCCCC(=N/O)/C(=N/NS(=O)(=O)c1ccc(C)cc1)c1ccccc1. The molecule has 0 atom stereocenters. The van der Waals surface area contributed by atoms with E-state index in [2.05, 4.69) is 15.1 Å². The van der Waals surface area contributed by atoms with E-state index in [1.165, 1.54) is 12.1 Å². The normalized spacial score (nSPS) is 12.8. The van der Waals surface area contributed by atoms with Gasteiger partial charge in [0.25, 0.3) is 10.0 Å². The van der Waals surface area contributed by atoms with Crippen molar-refractivity contribution in [2.45, 2.75) is 38.0 Å². The van der Waals surface area contributed by atoms with Gasteiger partial charge in [0.05, 0.1) is 4.90 Å². The zero-order chi connectivity index (χ0) is 19.0. The van der Waals surface area contributed by atoms with E-state index in [9.17, 15) is 13.6 Å². The topological polar surface area (TPSA) is 91.1 Å². The van der Waals surface area contributed by atoms with Crippen molar-refractivity contribution >= 4 is 21.4 Å². The third-order valence-electron chi connectivity index (χ3n) is 3.82. The molecule has 7 heteroatoms. The number of hydrogen-bond donors (Lipinski definition) is 2. The predicted octanol–water partition coefficient (Wildman–Crippen LogP) is 3.70. The number of hydrogen-bond acceptors (Lipinski definition) is 5. The summed E-state index contributed by atoms with van der Waals surface area (Å²) in [5.41, 5.74) is 2.27. The van der Waals surface area contributed by atoms with Gasteiger partial charge in [-0.3, -0.25) is 0 Å². The molecule has 138 valence electrons. The van der Waals surface area contributed by atoms with Gasteiger partial charge in [0.2, 0.25) is 0 Å². The number of oxime groups is 1. The average Bonchev–Trinajstić information content (AvgIpc) is 2.65. The number of hydrazone groups is 1. The third-order valence-corrected chi connectivity index (χ3v) is 5.04. The highest BCUT2D eigenvalue weighted by Gasteiger charge is 2.16. The van der Waals surface area contributed by atoms with Gasteiger partial charge in [0, 0.05) is 5.56 Å². The Kier molecular flexibility index (Phi) is 6.91. The van der Waals surface area contributed by atoms with Crippen LogP contribution in [0.3, 0.4) is 0 Å². The molecule has 0 bridgehead atoms. The second-order valence-electron chi connectivity index (χ2n) is 5.88. The van der Waals surface area contributed by atoms with Crippen LogP contribution in [0.4, 0.5) is 0 Å². The van der Waals surface area contributed by atoms with E-state index in [-0.39, 0.29) is 4.90 Å². The van der Waals surface area contributed by atoms with Crippen molar-refractivity contribution < 1.29 is 13.6 Å². The Bertz CT molecular complexity index is 874. The molecule has 0 aliphatic heterocycles. The Morgan fingerprint density at radius 2 is 1.73 bits per heavy atom. The molecular formula is C19H23N3O3S. The minimum atomic E-state index is -3.82. The first-order valence-corrected chi connectivity index (χ1v) is 9.89. The second-order valence-corrected chi connectivity index (χ2v) is 7.55. The molecule has 0 aromatic heterocycles. The molecule has 2 rings (SSSR count). The predicted molar refractivity (Wildman–Crippen MR) is 103 cm³/mol. The molecule has 0 saturated carbocycles. The Balaban J connectivity index is 2.37. The van der Waals surface area contributed by atoms with Crippen LogP contribution in [0, 0.1) is 6.92 Å². The van der Waals surface area contributed by atoms with Crippen molar-refractivity contribution in [1.29, 1.82) is 0 Å². The van der Waals surface area contributed by atoms with Crippen LogP contribution < -0.4 is 4.83 Å². The maximum atomic E-state index is 12.5. The number of nitrogens with one attached hydrogen (secondary N) is 1. The van der Waals surface area contributed by atoms with Crippen LogP contribution in [0.5, 0.6) is 0 Å². The van der Waals surface area contributed by atoms with Crippen LogP contribution in [0.1, 0.15) is 37.3 Å². The largest absolute Gasteiger partial charge is 0.411 e. The zero-order valence-corrected chi connectivity index (χ0v) is 15.7. The summed E-state index contributed by atoms with van der Waals surface area (Å²) in [6.45, 7) is 3.90. The highest BCUT2D eigenvalue weighted by Crippen LogP contribution is 2.12. The highest BCUT2D eigenvalue weighted by atomic mass is 32.2. The van der Waals surface area contributed by atoms with E-state index in [1.807, 2.05) is 32.0 Å². The van der Waals surface area contributed by atoms with E-state index in [4.69, 9.17) is 0 Å². The van der Waals surface area contributed by atoms with Crippen LogP contribution in [0.2, 0.25) is 0 Å². The van der Waals surface area contributed by atoms with Gasteiger partial charge in [-0.2, -0.15) is 18.4 Å². The maximum absolute atomic E-state index is 12.5. The van der Waals surface area contributed by atoms with Crippen molar-refractivity contribution in [2.75, 3.05) is 0 Å². The maximum Gasteiger partial charge on any atom is 0.276 e. The number of unbranched alkanes of at least 4 members (excludes halogenated alkanes) is 1. The minimum Gasteiger partial charge on any atom is -0.411 e. The fraction of sp³-hybridized carbons (Fsp3) is 0.263. The van der Waals surface area contributed by atoms with Crippen molar-refractivity contribution in [3.8, 4) is 0 Å². The van der Waals surface area contributed by atoms with E-state index in [1.54, 1.807) is 24.3 Å². The first-order chi connectivity index (χ1) is 12.5. The number of rotatable bonds is 8. The highest BCUT2D eigenvalue weighted by molar-refractivity contribution is 7.89. The van der Waals surface area contributed by atoms with Crippen LogP contribution in [-0.4, -0.2) is 25.0 Å². The van der Waals surface area contributed by atoms with E-state index in [0.29, 0.717) is 23.4 Å². The molecular weight excluding hydrogens is 350 g/mol. The smallest absolute Gasteiger partial charge is 0.276 e. The molecule has 0 aliphatic rings. The van der Waals surface area contributed by atoms with Gasteiger partial charge in [0.1, 0.15) is 11.4 Å². The number of benzene rings is 2. The lowest BCUT2D eigenvalue weighted by Crippen LogP contribution is -2.24. The number of aryl methyl sites for hydroxylation is 1. The van der Waals surface area contributed by atoms with Gasteiger partial charge < -0.3 is 5.21 Å². The summed E-state index contributed by atoms with van der Waals surface area (Å²) in [5.74, 6) is 0. The van der Waals surface area contributed by atoms with Crippen molar-refractivity contribution in [3.63, 3.8) is 0 Å². The van der Waals surface area contributed by atoms with E-state index < -0.39 is 10.0 Å². The van der Waals surface area contributed by atoms with Gasteiger partial charge in [0.15, 0.2) is 0 Å². The molecule has 2 aromatic rings. The molecule has 0 saturated heterocycles. The first-order valence-electron chi connectivity index (χ1n) is 8.41. The van der Waals surface area contributed by atoms with Gasteiger partial charge >= 0.3 is 0 Å². The molecule has 0 fully saturated rings. The van der Waals surface area contributed by atoms with E-state index in [0.717, 1.165) is 18.4 Å². The molecule has 6 nitrogen and oxygen atoms in total. The Hall–Kier alpha value is -2.67. The van der Waals surface area contributed by atoms with Crippen LogP contribution in [0.15, 0.2) is 69.7 Å². The fourth-order valence-corrected chi connectivity index (χ4v) is 3.14. The summed E-state index contributed by atoms with van der Waals surface area (Å²) in [5, 5.41) is 16.8. The number of nitrogens with zero attached hydrogens (tertiary/aromatic N) is 2. The van der Waals surface area contributed by atoms with Gasteiger partial charge in [-0.1, -0.05) is 66.5 Å². The lowest BCUT2D eigenvalue weighted by atomic mass is 10.0. The zero-order valence-electron chi connectivity index (χ0n) is 14.9. The second kappa shape index (κ2) is 9.15.